The largest absolute Gasteiger partial charge is 0.340 e. The van der Waals surface area contributed by atoms with E-state index in [1.165, 1.54) is 11.8 Å². The molecule has 1 heterocycles. The smallest absolute Gasteiger partial charge is 0.227 e. The fraction of sp³-hybridized carbons (Fsp3) is 0.500. The number of hydrogen-bond donors (Lipinski definition) is 1. The van der Waals surface area contributed by atoms with Crippen molar-refractivity contribution in [2.75, 3.05) is 25.9 Å². The fourth-order valence-corrected chi connectivity index (χ4v) is 5.39. The minimum atomic E-state index is -3.23. The van der Waals surface area contributed by atoms with Gasteiger partial charge in [0.05, 0.1) is 11.3 Å². The van der Waals surface area contributed by atoms with Gasteiger partial charge in [0.1, 0.15) is 0 Å². The van der Waals surface area contributed by atoms with E-state index in [2.05, 4.69) is 24.0 Å². The number of benzene rings is 2. The summed E-state index contributed by atoms with van der Waals surface area (Å²) in [6, 6.07) is 17.5. The normalized spacial score (nSPS) is 16.5. The van der Waals surface area contributed by atoms with E-state index in [1.807, 2.05) is 30.0 Å². The van der Waals surface area contributed by atoms with Gasteiger partial charge in [-0.25, -0.2) is 8.42 Å². The lowest BCUT2D eigenvalue weighted by Gasteiger charge is -2.41. The van der Waals surface area contributed by atoms with Crippen molar-refractivity contribution in [3.8, 4) is 0 Å². The molecule has 0 spiro atoms. The topological polar surface area (TPSA) is 83.7 Å². The molecule has 196 valence electrons. The summed E-state index contributed by atoms with van der Waals surface area (Å²) in [7, 11) is -3.23. The molecule has 9 heteroatoms. The SMILES string of the molecule is CCN(C(=O)Cc1ccc(S(C)(=O)=O)cc1)C1CCN(C(C)C[C@H](N)c2ccccc2)CC1.Cl.Cl. The molecule has 3 rings (SSSR count). The van der Waals surface area contributed by atoms with Crippen molar-refractivity contribution in [2.24, 2.45) is 5.73 Å². The van der Waals surface area contributed by atoms with Crippen LogP contribution in [0.2, 0.25) is 0 Å². The Hall–Kier alpha value is -1.64. The molecule has 2 N–H and O–H groups in total. The monoisotopic (exact) mass is 543 g/mol. The summed E-state index contributed by atoms with van der Waals surface area (Å²) in [4.78, 5) is 17.8. The summed E-state index contributed by atoms with van der Waals surface area (Å²) >= 11 is 0. The van der Waals surface area contributed by atoms with E-state index in [0.29, 0.717) is 19.0 Å². The number of piperidine rings is 1. The number of halogens is 2. The van der Waals surface area contributed by atoms with Gasteiger partial charge >= 0.3 is 0 Å². The zero-order chi connectivity index (χ0) is 24.0. The molecule has 35 heavy (non-hydrogen) atoms. The predicted octanol–water partition coefficient (Wildman–Crippen LogP) is 4.27. The molecule has 0 bridgehead atoms. The first-order valence-corrected chi connectivity index (χ1v) is 13.7. The number of amides is 1. The molecular formula is C26H39Cl2N3O3S. The standard InChI is InChI=1S/C26H37N3O3S.2ClH/c1-4-29(26(30)19-21-10-12-24(13-11-21)33(3,31)32)23-14-16-28(17-15-23)20(2)18-25(27)22-8-6-5-7-9-22;;/h5-13,20,23,25H,4,14-19,27H2,1-3H3;2*1H/t20?,25-;;/m0../s1. The van der Waals surface area contributed by atoms with Gasteiger partial charge in [0.15, 0.2) is 9.84 Å². The Morgan fingerprint density at radius 1 is 1.06 bits per heavy atom. The van der Waals surface area contributed by atoms with E-state index in [1.54, 1.807) is 24.3 Å². The maximum absolute atomic E-state index is 13.0. The number of hydrogen-bond acceptors (Lipinski definition) is 5. The van der Waals surface area contributed by atoms with Crippen LogP contribution in [0.1, 0.15) is 50.3 Å². The number of likely N-dealkylation sites (tertiary alicyclic amines) is 1. The van der Waals surface area contributed by atoms with Crippen LogP contribution in [0, 0.1) is 0 Å². The third-order valence-electron chi connectivity index (χ3n) is 6.75. The summed E-state index contributed by atoms with van der Waals surface area (Å²) in [6.07, 6.45) is 4.30. The highest BCUT2D eigenvalue weighted by atomic mass is 35.5. The lowest BCUT2D eigenvalue weighted by Crippen LogP contribution is -2.50. The molecule has 1 aliphatic heterocycles. The van der Waals surface area contributed by atoms with Crippen LogP contribution in [0.25, 0.3) is 0 Å². The molecule has 6 nitrogen and oxygen atoms in total. The van der Waals surface area contributed by atoms with Crippen LogP contribution in [-0.4, -0.2) is 62.1 Å². The molecule has 1 fully saturated rings. The van der Waals surface area contributed by atoms with Crippen LogP contribution in [0.15, 0.2) is 59.5 Å². The number of carbonyl (C=O) groups excluding carboxylic acids is 1. The molecule has 1 aliphatic rings. The van der Waals surface area contributed by atoms with Gasteiger partial charge in [-0.1, -0.05) is 42.5 Å². The van der Waals surface area contributed by atoms with Gasteiger partial charge < -0.3 is 15.5 Å². The van der Waals surface area contributed by atoms with Gasteiger partial charge in [-0.05, 0) is 56.4 Å². The van der Waals surface area contributed by atoms with E-state index in [4.69, 9.17) is 5.73 Å². The Labute approximate surface area is 223 Å². The van der Waals surface area contributed by atoms with Crippen molar-refractivity contribution in [2.45, 2.75) is 62.6 Å². The van der Waals surface area contributed by atoms with Gasteiger partial charge in [0.25, 0.3) is 0 Å². The van der Waals surface area contributed by atoms with Gasteiger partial charge in [-0.3, -0.25) is 4.79 Å². The molecule has 2 atom stereocenters. The molecule has 0 aromatic heterocycles. The Bertz CT molecular complexity index is 1010. The van der Waals surface area contributed by atoms with Crippen LogP contribution < -0.4 is 5.73 Å². The highest BCUT2D eigenvalue weighted by molar-refractivity contribution is 7.90. The minimum absolute atomic E-state index is 0. The Morgan fingerprint density at radius 2 is 1.63 bits per heavy atom. The molecule has 0 radical (unpaired) electrons. The second-order valence-electron chi connectivity index (χ2n) is 9.14. The number of likely N-dealkylation sites (N-methyl/N-ethyl adjacent to an activating group) is 1. The van der Waals surface area contributed by atoms with Crippen molar-refractivity contribution in [3.05, 3.63) is 65.7 Å². The first-order valence-electron chi connectivity index (χ1n) is 11.8. The first kappa shape index (κ1) is 31.4. The molecule has 2 aromatic carbocycles. The quantitative estimate of drug-likeness (QED) is 0.510. The Morgan fingerprint density at radius 3 is 2.14 bits per heavy atom. The van der Waals surface area contributed by atoms with E-state index in [9.17, 15) is 13.2 Å². The van der Waals surface area contributed by atoms with Crippen LogP contribution in [0.4, 0.5) is 0 Å². The van der Waals surface area contributed by atoms with Crippen LogP contribution in [0.3, 0.4) is 0 Å². The van der Waals surface area contributed by atoms with Crippen molar-refractivity contribution >= 4 is 40.6 Å². The second-order valence-corrected chi connectivity index (χ2v) is 11.2. The highest BCUT2D eigenvalue weighted by Gasteiger charge is 2.29. The van der Waals surface area contributed by atoms with Crippen LogP contribution in [0.5, 0.6) is 0 Å². The molecule has 1 unspecified atom stereocenters. The third-order valence-corrected chi connectivity index (χ3v) is 7.88. The molecule has 2 aromatic rings. The number of rotatable bonds is 9. The molecule has 0 aliphatic carbocycles. The third kappa shape index (κ3) is 8.76. The van der Waals surface area contributed by atoms with Crippen LogP contribution in [-0.2, 0) is 21.1 Å². The fourth-order valence-electron chi connectivity index (χ4n) is 4.76. The number of sulfone groups is 1. The minimum Gasteiger partial charge on any atom is -0.340 e. The van der Waals surface area contributed by atoms with E-state index < -0.39 is 9.84 Å². The maximum Gasteiger partial charge on any atom is 0.227 e. The average molecular weight is 545 g/mol. The average Bonchev–Trinajstić information content (AvgIpc) is 2.80. The van der Waals surface area contributed by atoms with Gasteiger partial charge in [0.2, 0.25) is 5.91 Å². The van der Waals surface area contributed by atoms with Crippen molar-refractivity contribution in [1.82, 2.24) is 9.80 Å². The van der Waals surface area contributed by atoms with Gasteiger partial charge in [-0.2, -0.15) is 0 Å². The van der Waals surface area contributed by atoms with E-state index in [-0.39, 0.29) is 47.7 Å². The molecule has 1 amide bonds. The predicted molar refractivity (Wildman–Crippen MR) is 147 cm³/mol. The van der Waals surface area contributed by atoms with Crippen molar-refractivity contribution in [3.63, 3.8) is 0 Å². The van der Waals surface area contributed by atoms with E-state index >= 15 is 0 Å². The zero-order valence-electron chi connectivity index (χ0n) is 20.8. The second kappa shape index (κ2) is 14.2. The number of carbonyl (C=O) groups is 1. The summed E-state index contributed by atoms with van der Waals surface area (Å²) in [5.41, 5.74) is 8.45. The molecule has 0 saturated carbocycles. The molecular weight excluding hydrogens is 505 g/mol. The highest BCUT2D eigenvalue weighted by Crippen LogP contribution is 2.24. The Kier molecular flexibility index (Phi) is 12.7. The van der Waals surface area contributed by atoms with Crippen molar-refractivity contribution < 1.29 is 13.2 Å². The van der Waals surface area contributed by atoms with Crippen LogP contribution >= 0.6 is 24.8 Å². The summed E-state index contributed by atoms with van der Waals surface area (Å²) < 4.78 is 23.3. The van der Waals surface area contributed by atoms with Gasteiger partial charge in [0, 0.05) is 44.0 Å². The summed E-state index contributed by atoms with van der Waals surface area (Å²) in [5.74, 6) is 0.0993. The van der Waals surface area contributed by atoms with Gasteiger partial charge in [-0.15, -0.1) is 24.8 Å². The Balaban J connectivity index is 0.00000306. The number of nitrogens with zero attached hydrogens (tertiary/aromatic N) is 2. The van der Waals surface area contributed by atoms with Crippen molar-refractivity contribution in [1.29, 1.82) is 0 Å². The number of nitrogens with two attached hydrogens (primary N) is 1. The van der Waals surface area contributed by atoms with E-state index in [0.717, 1.165) is 37.9 Å². The lowest BCUT2D eigenvalue weighted by atomic mass is 9.96. The maximum atomic E-state index is 13.0. The zero-order valence-corrected chi connectivity index (χ0v) is 23.2. The first-order chi connectivity index (χ1) is 15.7. The summed E-state index contributed by atoms with van der Waals surface area (Å²) in [5, 5.41) is 0. The summed E-state index contributed by atoms with van der Waals surface area (Å²) in [6.45, 7) is 6.87. The lowest BCUT2D eigenvalue weighted by molar-refractivity contribution is -0.133. The molecule has 1 saturated heterocycles.